The van der Waals surface area contributed by atoms with Crippen LogP contribution < -0.4 is 5.73 Å². The third kappa shape index (κ3) is 4.09. The van der Waals surface area contributed by atoms with E-state index in [1.54, 1.807) is 0 Å². The maximum atomic E-state index is 9.65. The third-order valence-corrected chi connectivity index (χ3v) is 0.514. The number of rotatable bonds is 2. The van der Waals surface area contributed by atoms with Gasteiger partial charge in [-0.3, -0.25) is 4.79 Å². The standard InChI is InChI=1S/C3H7NO3.Cr/c4-2(1-5)3(6)7;/h2,5H,1,4H2,(H,6,7);/t2-;/m0./s1. The van der Waals surface area contributed by atoms with Crippen LogP contribution in [-0.4, -0.2) is 28.8 Å². The topological polar surface area (TPSA) is 83.5 Å². The number of hydrogen-bond acceptors (Lipinski definition) is 3. The fourth-order valence-corrected chi connectivity index (χ4v) is 0.0781. The number of carbonyl (C=O) groups is 1. The van der Waals surface area contributed by atoms with Crippen molar-refractivity contribution in [1.82, 2.24) is 0 Å². The summed E-state index contributed by atoms with van der Waals surface area (Å²) < 4.78 is 0. The summed E-state index contributed by atoms with van der Waals surface area (Å²) in [7, 11) is 0. The summed E-state index contributed by atoms with van der Waals surface area (Å²) in [4.78, 5) is 9.65. The molecule has 0 unspecified atom stereocenters. The Labute approximate surface area is 57.4 Å². The van der Waals surface area contributed by atoms with Gasteiger partial charge >= 0.3 is 5.97 Å². The second kappa shape index (κ2) is 5.07. The molecule has 0 aliphatic carbocycles. The van der Waals surface area contributed by atoms with Crippen LogP contribution in [0, 0.1) is 0 Å². The molecular formula is C3H7CrNO3. The number of aliphatic carboxylic acids is 1. The first-order chi connectivity index (χ1) is 3.18. The predicted molar refractivity (Wildman–Crippen MR) is 22.7 cm³/mol. The molecule has 0 aromatic rings. The maximum absolute atomic E-state index is 9.65. The van der Waals surface area contributed by atoms with E-state index in [4.69, 9.17) is 15.9 Å². The first-order valence-electron chi connectivity index (χ1n) is 1.77. The second-order valence-corrected chi connectivity index (χ2v) is 1.13. The van der Waals surface area contributed by atoms with Gasteiger partial charge in [-0.2, -0.15) is 0 Å². The smallest absolute Gasteiger partial charge is 0.322 e. The van der Waals surface area contributed by atoms with E-state index in [0.29, 0.717) is 0 Å². The van der Waals surface area contributed by atoms with E-state index in [2.05, 4.69) is 0 Å². The first-order valence-corrected chi connectivity index (χ1v) is 1.77. The zero-order valence-electron chi connectivity index (χ0n) is 4.07. The van der Waals surface area contributed by atoms with Gasteiger partial charge in [0.1, 0.15) is 6.04 Å². The minimum Gasteiger partial charge on any atom is -0.480 e. The summed E-state index contributed by atoms with van der Waals surface area (Å²) in [5.74, 6) is -1.18. The van der Waals surface area contributed by atoms with Gasteiger partial charge in [-0.25, -0.2) is 0 Å². The van der Waals surface area contributed by atoms with E-state index in [1.807, 2.05) is 0 Å². The van der Waals surface area contributed by atoms with Crippen molar-refractivity contribution < 1.29 is 32.4 Å². The Bertz CT molecular complexity index is 76.9. The molecule has 0 saturated heterocycles. The van der Waals surface area contributed by atoms with E-state index in [1.165, 1.54) is 0 Å². The van der Waals surface area contributed by atoms with Crippen molar-refractivity contribution in [2.75, 3.05) is 6.61 Å². The van der Waals surface area contributed by atoms with Crippen LogP contribution in [0.5, 0.6) is 0 Å². The van der Waals surface area contributed by atoms with Crippen molar-refractivity contribution in [3.63, 3.8) is 0 Å². The van der Waals surface area contributed by atoms with Crippen LogP contribution in [0.2, 0.25) is 0 Å². The summed E-state index contributed by atoms with van der Waals surface area (Å²) in [5.41, 5.74) is 4.77. The summed E-state index contributed by atoms with van der Waals surface area (Å²) in [6.07, 6.45) is 0. The summed E-state index contributed by atoms with van der Waals surface area (Å²) >= 11 is 0. The van der Waals surface area contributed by atoms with Gasteiger partial charge in [-0.15, -0.1) is 0 Å². The Morgan fingerprint density at radius 1 is 1.75 bits per heavy atom. The molecule has 0 radical (unpaired) electrons. The molecular weight excluding hydrogens is 150 g/mol. The van der Waals surface area contributed by atoms with Crippen molar-refractivity contribution in [3.05, 3.63) is 0 Å². The molecule has 0 aliphatic heterocycles. The summed E-state index contributed by atoms with van der Waals surface area (Å²) in [5, 5.41) is 15.9. The predicted octanol–water partition coefficient (Wildman–Crippen LogP) is -1.61. The van der Waals surface area contributed by atoms with Gasteiger partial charge in [0.2, 0.25) is 0 Å². The van der Waals surface area contributed by atoms with E-state index >= 15 is 0 Å². The van der Waals surface area contributed by atoms with E-state index < -0.39 is 18.6 Å². The van der Waals surface area contributed by atoms with Crippen LogP contribution in [0.15, 0.2) is 0 Å². The molecule has 48 valence electrons. The molecule has 0 rings (SSSR count). The molecule has 1 atom stereocenters. The van der Waals surface area contributed by atoms with E-state index in [0.717, 1.165) is 0 Å². The van der Waals surface area contributed by atoms with E-state index in [9.17, 15) is 4.79 Å². The zero-order chi connectivity index (χ0) is 5.86. The van der Waals surface area contributed by atoms with Crippen LogP contribution in [0.4, 0.5) is 0 Å². The Morgan fingerprint density at radius 2 is 2.12 bits per heavy atom. The number of aliphatic hydroxyl groups excluding tert-OH is 1. The molecule has 0 spiro atoms. The van der Waals surface area contributed by atoms with Gasteiger partial charge in [0.15, 0.2) is 0 Å². The molecule has 0 amide bonds. The van der Waals surface area contributed by atoms with Gasteiger partial charge in [-0.1, -0.05) is 0 Å². The van der Waals surface area contributed by atoms with Crippen molar-refractivity contribution in [2.45, 2.75) is 6.04 Å². The van der Waals surface area contributed by atoms with Crippen molar-refractivity contribution in [1.29, 1.82) is 0 Å². The monoisotopic (exact) mass is 157 g/mol. The molecule has 4 N–H and O–H groups in total. The molecule has 0 saturated carbocycles. The quantitative estimate of drug-likeness (QED) is 0.450. The van der Waals surface area contributed by atoms with Gasteiger partial charge < -0.3 is 15.9 Å². The van der Waals surface area contributed by atoms with Crippen LogP contribution in [0.25, 0.3) is 0 Å². The molecule has 8 heavy (non-hydrogen) atoms. The van der Waals surface area contributed by atoms with Crippen LogP contribution in [0.1, 0.15) is 0 Å². The SMILES string of the molecule is N[C@@H](CO)C(=O)O.[Cr]. The fraction of sp³-hybridized carbons (Fsp3) is 0.667. The summed E-state index contributed by atoms with van der Waals surface area (Å²) in [6.45, 7) is -0.505. The Morgan fingerprint density at radius 3 is 2.12 bits per heavy atom. The third-order valence-electron chi connectivity index (χ3n) is 0.514. The molecule has 5 heteroatoms. The van der Waals surface area contributed by atoms with Gasteiger partial charge in [0, 0.05) is 17.4 Å². The Kier molecular flexibility index (Phi) is 6.86. The number of carboxylic acid groups (broad SMARTS) is 1. The average molecular weight is 157 g/mol. The molecule has 0 heterocycles. The Hall–Kier alpha value is -0.0775. The van der Waals surface area contributed by atoms with Crippen LogP contribution in [-0.2, 0) is 22.2 Å². The molecule has 0 aromatic carbocycles. The minimum absolute atomic E-state index is 0. The minimum atomic E-state index is -1.18. The second-order valence-electron chi connectivity index (χ2n) is 1.13. The van der Waals surface area contributed by atoms with Crippen LogP contribution in [0.3, 0.4) is 0 Å². The number of carboxylic acids is 1. The van der Waals surface area contributed by atoms with Crippen molar-refractivity contribution >= 4 is 5.97 Å². The molecule has 0 aliphatic rings. The maximum Gasteiger partial charge on any atom is 0.322 e. The number of aliphatic hydroxyl groups is 1. The van der Waals surface area contributed by atoms with Gasteiger partial charge in [0.05, 0.1) is 6.61 Å². The van der Waals surface area contributed by atoms with Crippen LogP contribution >= 0.6 is 0 Å². The van der Waals surface area contributed by atoms with Gasteiger partial charge in [-0.05, 0) is 0 Å². The van der Waals surface area contributed by atoms with E-state index in [-0.39, 0.29) is 17.4 Å². The molecule has 0 bridgehead atoms. The summed E-state index contributed by atoms with van der Waals surface area (Å²) in [6, 6.07) is -1.13. The first kappa shape index (κ1) is 10.8. The molecule has 0 fully saturated rings. The average Bonchev–Trinajstić information content (AvgIpc) is 1.65. The molecule has 0 aromatic heterocycles. The number of hydrogen-bond donors (Lipinski definition) is 3. The van der Waals surface area contributed by atoms with Gasteiger partial charge in [0.25, 0.3) is 0 Å². The largest absolute Gasteiger partial charge is 0.480 e. The normalized spacial score (nSPS) is 11.8. The van der Waals surface area contributed by atoms with Crippen molar-refractivity contribution in [3.8, 4) is 0 Å². The fourth-order valence-electron chi connectivity index (χ4n) is 0.0781. The Balaban J connectivity index is 0. The molecule has 4 nitrogen and oxygen atoms in total. The zero-order valence-corrected chi connectivity index (χ0v) is 5.35. The number of nitrogens with two attached hydrogens (primary N) is 1. The van der Waals surface area contributed by atoms with Crippen molar-refractivity contribution in [2.24, 2.45) is 5.73 Å².